The molecule has 10 heteroatoms. The molecule has 2 heterocycles. The second-order valence-corrected chi connectivity index (χ2v) is 7.45. The minimum Gasteiger partial charge on any atom is -0.311 e. The van der Waals surface area contributed by atoms with Crippen molar-refractivity contribution in [2.75, 3.05) is 0 Å². The summed E-state index contributed by atoms with van der Waals surface area (Å²) in [6.45, 7) is 0. The molecule has 0 radical (unpaired) electrons. The smallest absolute Gasteiger partial charge is 0.311 e. The predicted octanol–water partition coefficient (Wildman–Crippen LogP) is 1.72. The van der Waals surface area contributed by atoms with E-state index in [-0.39, 0.29) is 30.5 Å². The van der Waals surface area contributed by atoms with E-state index in [0.717, 1.165) is 31.0 Å². The van der Waals surface area contributed by atoms with E-state index in [0.29, 0.717) is 12.8 Å². The summed E-state index contributed by atoms with van der Waals surface area (Å²) in [6.07, 6.45) is 3.28. The number of hydrogen-bond acceptors (Lipinski definition) is 5. The topological polar surface area (TPSA) is 101 Å². The van der Waals surface area contributed by atoms with E-state index < -0.39 is 31.3 Å². The Kier molecular flexibility index (Phi) is 5.24. The first-order chi connectivity index (χ1) is 10.4. The maximum absolute atomic E-state index is 13.6. The molecule has 2 saturated heterocycles. The van der Waals surface area contributed by atoms with E-state index >= 15 is 0 Å². The Morgan fingerprint density at radius 3 is 2.43 bits per heavy atom. The molecule has 128 valence electrons. The van der Waals surface area contributed by atoms with Gasteiger partial charge in [0.2, 0.25) is 15.8 Å². The summed E-state index contributed by atoms with van der Waals surface area (Å²) in [5.74, 6) is -1.15. The van der Waals surface area contributed by atoms with Crippen LogP contribution in [0.2, 0.25) is 0 Å². The highest BCUT2D eigenvalue weighted by molar-refractivity contribution is 7.89. The van der Waals surface area contributed by atoms with Crippen LogP contribution < -0.4 is 10.0 Å². The summed E-state index contributed by atoms with van der Waals surface area (Å²) < 4.78 is 40.9. The van der Waals surface area contributed by atoms with E-state index in [4.69, 9.17) is 0 Å². The van der Waals surface area contributed by atoms with Crippen LogP contribution >= 0.6 is 12.4 Å². The number of piperidine rings is 1. The van der Waals surface area contributed by atoms with Gasteiger partial charge in [-0.25, -0.2) is 13.1 Å². The molecule has 23 heavy (non-hydrogen) atoms. The molecule has 0 spiro atoms. The second kappa shape index (κ2) is 6.68. The molecule has 3 rings (SSSR count). The van der Waals surface area contributed by atoms with Crippen molar-refractivity contribution in [3.63, 3.8) is 0 Å². The maximum atomic E-state index is 13.6. The molecule has 2 N–H and O–H groups in total. The number of fused-ring (bicyclic) bond motifs is 2. The number of nitro groups is 1. The van der Waals surface area contributed by atoms with E-state index in [9.17, 15) is 22.9 Å². The Labute approximate surface area is 139 Å². The number of para-hydroxylation sites is 1. The van der Waals surface area contributed by atoms with Crippen LogP contribution in [-0.2, 0) is 10.0 Å². The van der Waals surface area contributed by atoms with Crippen molar-refractivity contribution in [2.45, 2.75) is 48.7 Å². The molecule has 0 saturated carbocycles. The summed E-state index contributed by atoms with van der Waals surface area (Å²) in [7, 11) is -4.14. The lowest BCUT2D eigenvalue weighted by atomic mass is 10.0. The van der Waals surface area contributed by atoms with Gasteiger partial charge in [0.05, 0.1) is 4.92 Å². The molecule has 1 aromatic rings. The van der Waals surface area contributed by atoms with Gasteiger partial charge in [-0.15, -0.1) is 12.4 Å². The molecule has 1 aromatic carbocycles. The Morgan fingerprint density at radius 1 is 1.26 bits per heavy atom. The van der Waals surface area contributed by atoms with E-state index in [1.165, 1.54) is 0 Å². The number of sulfonamides is 1. The number of rotatable bonds is 4. The van der Waals surface area contributed by atoms with Gasteiger partial charge >= 0.3 is 5.69 Å². The minimum absolute atomic E-state index is 0. The lowest BCUT2D eigenvalue weighted by Gasteiger charge is -2.29. The van der Waals surface area contributed by atoms with E-state index in [1.807, 2.05) is 0 Å². The summed E-state index contributed by atoms with van der Waals surface area (Å²) >= 11 is 0. The van der Waals surface area contributed by atoms with Gasteiger partial charge in [-0.3, -0.25) is 10.1 Å². The Balaban J connectivity index is 0.00000192. The number of nitrogens with one attached hydrogen (secondary N) is 2. The van der Waals surface area contributed by atoms with Gasteiger partial charge in [0.25, 0.3) is 0 Å². The van der Waals surface area contributed by atoms with Crippen LogP contribution in [0.5, 0.6) is 0 Å². The third kappa shape index (κ3) is 3.63. The van der Waals surface area contributed by atoms with Crippen LogP contribution in [0.3, 0.4) is 0 Å². The third-order valence-electron chi connectivity index (χ3n) is 4.22. The number of halogens is 2. The van der Waals surface area contributed by atoms with Crippen LogP contribution in [0.1, 0.15) is 25.7 Å². The van der Waals surface area contributed by atoms with Gasteiger partial charge in [-0.05, 0) is 37.8 Å². The van der Waals surface area contributed by atoms with Gasteiger partial charge in [0.1, 0.15) is 0 Å². The summed E-state index contributed by atoms with van der Waals surface area (Å²) in [5, 5.41) is 14.3. The fourth-order valence-corrected chi connectivity index (χ4v) is 4.77. The van der Waals surface area contributed by atoms with Gasteiger partial charge < -0.3 is 5.32 Å². The van der Waals surface area contributed by atoms with Gasteiger partial charge in [-0.1, -0.05) is 6.07 Å². The first-order valence-electron chi connectivity index (χ1n) is 7.08. The van der Waals surface area contributed by atoms with Crippen molar-refractivity contribution in [1.82, 2.24) is 10.0 Å². The van der Waals surface area contributed by atoms with Crippen LogP contribution in [-0.4, -0.2) is 31.5 Å². The molecule has 2 aliphatic heterocycles. The summed E-state index contributed by atoms with van der Waals surface area (Å²) in [6, 6.07) is 3.35. The Bertz CT molecular complexity index is 703. The highest BCUT2D eigenvalue weighted by atomic mass is 35.5. The van der Waals surface area contributed by atoms with Crippen LogP contribution in [0.25, 0.3) is 0 Å². The second-order valence-electron chi connectivity index (χ2n) is 5.77. The quantitative estimate of drug-likeness (QED) is 0.625. The number of nitro benzene ring substituents is 1. The molecule has 0 aromatic heterocycles. The molecule has 2 aliphatic rings. The average molecular weight is 366 g/mol. The largest absolute Gasteiger partial charge is 0.324 e. The van der Waals surface area contributed by atoms with E-state index in [2.05, 4.69) is 10.0 Å². The number of hydrogen-bond donors (Lipinski definition) is 2. The monoisotopic (exact) mass is 365 g/mol. The van der Waals surface area contributed by atoms with Crippen molar-refractivity contribution < 1.29 is 17.7 Å². The highest BCUT2D eigenvalue weighted by Crippen LogP contribution is 2.30. The first kappa shape index (κ1) is 18.1. The SMILES string of the molecule is Cl.O=[N+]([O-])c1c(F)cccc1S(=O)(=O)NC1CC2CCC(C1)N2. The van der Waals surface area contributed by atoms with Crippen LogP contribution in [0.15, 0.2) is 23.1 Å². The first-order valence-corrected chi connectivity index (χ1v) is 8.56. The van der Waals surface area contributed by atoms with Gasteiger partial charge in [-0.2, -0.15) is 4.39 Å². The summed E-state index contributed by atoms with van der Waals surface area (Å²) in [5.41, 5.74) is -1.01. The zero-order valence-electron chi connectivity index (χ0n) is 12.1. The zero-order chi connectivity index (χ0) is 15.9. The van der Waals surface area contributed by atoms with Crippen molar-refractivity contribution in [3.05, 3.63) is 34.1 Å². The standard InChI is InChI=1S/C13H16FN3O4S.ClH/c14-11-2-1-3-12(13(11)17(18)19)22(20,21)16-10-6-8-4-5-9(7-10)15-8;/h1-3,8-10,15-16H,4-7H2;1H. The normalized spacial score (nSPS) is 26.6. The lowest BCUT2D eigenvalue weighted by Crippen LogP contribution is -2.48. The van der Waals surface area contributed by atoms with Crippen molar-refractivity contribution in [3.8, 4) is 0 Å². The Morgan fingerprint density at radius 2 is 1.87 bits per heavy atom. The molecule has 2 atom stereocenters. The third-order valence-corrected chi connectivity index (χ3v) is 5.77. The molecule has 0 amide bonds. The van der Waals surface area contributed by atoms with E-state index in [1.54, 1.807) is 0 Å². The fraction of sp³-hybridized carbons (Fsp3) is 0.538. The molecule has 0 aliphatic carbocycles. The van der Waals surface area contributed by atoms with Gasteiger partial charge in [0, 0.05) is 18.1 Å². The fourth-order valence-electron chi connectivity index (χ4n) is 3.33. The lowest BCUT2D eigenvalue weighted by molar-refractivity contribution is -0.390. The predicted molar refractivity (Wildman–Crippen MR) is 83.6 cm³/mol. The molecular formula is C13H17ClFN3O4S. The molecule has 7 nitrogen and oxygen atoms in total. The highest BCUT2D eigenvalue weighted by Gasteiger charge is 2.37. The Hall–Kier alpha value is -1.29. The molecule has 2 fully saturated rings. The van der Waals surface area contributed by atoms with Crippen molar-refractivity contribution in [2.24, 2.45) is 0 Å². The maximum Gasteiger partial charge on any atom is 0.324 e. The zero-order valence-corrected chi connectivity index (χ0v) is 13.7. The molecular weight excluding hydrogens is 349 g/mol. The van der Waals surface area contributed by atoms with Crippen LogP contribution in [0.4, 0.5) is 10.1 Å². The van der Waals surface area contributed by atoms with Crippen molar-refractivity contribution in [1.29, 1.82) is 0 Å². The average Bonchev–Trinajstić information content (AvgIpc) is 2.77. The number of nitrogens with zero attached hydrogens (tertiary/aromatic N) is 1. The van der Waals surface area contributed by atoms with Crippen molar-refractivity contribution >= 4 is 28.1 Å². The number of benzene rings is 1. The van der Waals surface area contributed by atoms with Crippen LogP contribution in [0, 0.1) is 15.9 Å². The summed E-state index contributed by atoms with van der Waals surface area (Å²) in [4.78, 5) is 9.33. The van der Waals surface area contributed by atoms with Gasteiger partial charge in [0.15, 0.2) is 4.90 Å². The molecule has 2 bridgehead atoms. The minimum atomic E-state index is -4.14. The molecule has 2 unspecified atom stereocenters.